The van der Waals surface area contributed by atoms with E-state index in [0.29, 0.717) is 30.0 Å². The second-order valence-electron chi connectivity index (χ2n) is 7.97. The molecule has 4 rings (SSSR count). The molecule has 3 heterocycles. The number of nitrogens with zero attached hydrogens (tertiary/aromatic N) is 5. The van der Waals surface area contributed by atoms with Gasteiger partial charge in [0, 0.05) is 75.5 Å². The van der Waals surface area contributed by atoms with Gasteiger partial charge >= 0.3 is 0 Å². The maximum absolute atomic E-state index is 12.8. The number of benzene rings is 1. The Morgan fingerprint density at radius 1 is 1.19 bits per heavy atom. The topological polar surface area (TPSA) is 107 Å². The van der Waals surface area contributed by atoms with Crippen LogP contribution in [0, 0.1) is 0 Å². The molecular formula is C23H27N7O2. The van der Waals surface area contributed by atoms with Crippen LogP contribution in [0.25, 0.3) is 11.5 Å². The summed E-state index contributed by atoms with van der Waals surface area (Å²) in [6.07, 6.45) is 5.30. The van der Waals surface area contributed by atoms with Crippen molar-refractivity contribution in [2.75, 3.05) is 36.4 Å². The van der Waals surface area contributed by atoms with Crippen molar-refractivity contribution in [2.45, 2.75) is 26.3 Å². The summed E-state index contributed by atoms with van der Waals surface area (Å²) in [5.41, 5.74) is 2.91. The molecule has 2 aromatic heterocycles. The normalized spacial score (nSPS) is 16.7. The summed E-state index contributed by atoms with van der Waals surface area (Å²) in [6.45, 7) is 6.95. The summed E-state index contributed by atoms with van der Waals surface area (Å²) in [4.78, 5) is 37.2. The Bertz CT molecular complexity index is 1080. The number of hydrogen-bond acceptors (Lipinski definition) is 7. The number of H-pyrrole nitrogens is 1. The first-order valence-corrected chi connectivity index (χ1v) is 10.7. The summed E-state index contributed by atoms with van der Waals surface area (Å²) in [5.74, 6) is 0.393. The third-order valence-corrected chi connectivity index (χ3v) is 5.58. The Morgan fingerprint density at radius 3 is 2.75 bits per heavy atom. The number of carbonyl (C=O) groups is 2. The molecule has 0 bridgehead atoms. The third-order valence-electron chi connectivity index (χ3n) is 5.58. The van der Waals surface area contributed by atoms with Crippen LogP contribution in [0.15, 0.2) is 48.9 Å². The van der Waals surface area contributed by atoms with Crippen molar-refractivity contribution in [1.82, 2.24) is 25.1 Å². The molecule has 2 N–H and O–H groups in total. The average molecular weight is 434 g/mol. The van der Waals surface area contributed by atoms with E-state index in [-0.39, 0.29) is 17.7 Å². The molecule has 1 atom stereocenters. The maximum atomic E-state index is 12.8. The highest BCUT2D eigenvalue weighted by Crippen LogP contribution is 2.24. The lowest BCUT2D eigenvalue weighted by Gasteiger charge is -2.41. The number of anilines is 2. The van der Waals surface area contributed by atoms with Crippen molar-refractivity contribution in [3.63, 3.8) is 0 Å². The Hall–Kier alpha value is -3.59. The molecule has 0 aliphatic carbocycles. The highest BCUT2D eigenvalue weighted by Gasteiger charge is 2.25. The molecule has 0 saturated carbocycles. The van der Waals surface area contributed by atoms with Crippen LogP contribution in [-0.2, 0) is 4.79 Å². The second-order valence-corrected chi connectivity index (χ2v) is 7.97. The Labute approximate surface area is 186 Å². The number of aromatic amines is 1. The molecule has 1 amide bonds. The fourth-order valence-corrected chi connectivity index (χ4v) is 4.07. The van der Waals surface area contributed by atoms with Crippen molar-refractivity contribution in [3.05, 3.63) is 54.5 Å². The molecule has 32 heavy (non-hydrogen) atoms. The number of Topliss-reactive ketones (excluding diaryl/α,β-unsaturated/α-hetero) is 1. The minimum absolute atomic E-state index is 0.0271. The number of rotatable bonds is 7. The van der Waals surface area contributed by atoms with Gasteiger partial charge < -0.3 is 10.2 Å². The Balaban J connectivity index is 1.34. The van der Waals surface area contributed by atoms with Crippen molar-refractivity contribution in [2.24, 2.45) is 0 Å². The van der Waals surface area contributed by atoms with Gasteiger partial charge in [0.2, 0.25) is 5.91 Å². The van der Waals surface area contributed by atoms with E-state index in [1.807, 2.05) is 18.2 Å². The van der Waals surface area contributed by atoms with Gasteiger partial charge in [0.25, 0.3) is 0 Å². The van der Waals surface area contributed by atoms with Crippen LogP contribution >= 0.6 is 0 Å². The van der Waals surface area contributed by atoms with Crippen LogP contribution in [0.3, 0.4) is 0 Å². The van der Waals surface area contributed by atoms with Crippen molar-refractivity contribution in [1.29, 1.82) is 0 Å². The van der Waals surface area contributed by atoms with Crippen molar-refractivity contribution < 1.29 is 9.59 Å². The van der Waals surface area contributed by atoms with Gasteiger partial charge in [0.1, 0.15) is 5.69 Å². The Morgan fingerprint density at radius 2 is 2.00 bits per heavy atom. The summed E-state index contributed by atoms with van der Waals surface area (Å²) in [7, 11) is 0. The second kappa shape index (κ2) is 9.69. The maximum Gasteiger partial charge on any atom is 0.221 e. The smallest absolute Gasteiger partial charge is 0.221 e. The third kappa shape index (κ3) is 5.00. The van der Waals surface area contributed by atoms with E-state index >= 15 is 0 Å². The molecule has 1 aromatic carbocycles. The lowest BCUT2D eigenvalue weighted by Crippen LogP contribution is -2.52. The standard InChI is InChI=1S/C23H27N7O2/c1-16-15-29(11-12-30(16)19-6-3-5-18(13-19)27-17(2)31)10-7-21(32)20-14-26-28-22(20)23-24-8-4-9-25-23/h3-6,8-9,13-14,16H,7,10-12,15H2,1-2H3,(H,26,28)(H,27,31). The molecule has 166 valence electrons. The molecule has 1 saturated heterocycles. The largest absolute Gasteiger partial charge is 0.366 e. The molecular weight excluding hydrogens is 406 g/mol. The minimum atomic E-state index is -0.0794. The first kappa shape index (κ1) is 21.6. The minimum Gasteiger partial charge on any atom is -0.366 e. The van der Waals surface area contributed by atoms with E-state index in [9.17, 15) is 9.59 Å². The number of aromatic nitrogens is 4. The fourth-order valence-electron chi connectivity index (χ4n) is 4.07. The highest BCUT2D eigenvalue weighted by molar-refractivity contribution is 6.00. The van der Waals surface area contributed by atoms with E-state index in [1.54, 1.807) is 24.7 Å². The van der Waals surface area contributed by atoms with Gasteiger partial charge in [-0.15, -0.1) is 0 Å². The zero-order valence-electron chi connectivity index (χ0n) is 18.3. The molecule has 1 aliphatic rings. The number of piperazine rings is 1. The molecule has 9 heteroatoms. The zero-order chi connectivity index (χ0) is 22.5. The molecule has 3 aromatic rings. The van der Waals surface area contributed by atoms with Crippen LogP contribution in [-0.4, -0.2) is 69.0 Å². The molecule has 0 radical (unpaired) electrons. The monoisotopic (exact) mass is 433 g/mol. The van der Waals surface area contributed by atoms with Crippen LogP contribution in [0.5, 0.6) is 0 Å². The quantitative estimate of drug-likeness (QED) is 0.552. The van der Waals surface area contributed by atoms with Crippen molar-refractivity contribution >= 4 is 23.1 Å². The van der Waals surface area contributed by atoms with E-state index < -0.39 is 0 Å². The predicted octanol–water partition coefficient (Wildman–Crippen LogP) is 2.61. The van der Waals surface area contributed by atoms with Crippen LogP contribution in [0.4, 0.5) is 11.4 Å². The molecule has 9 nitrogen and oxygen atoms in total. The SMILES string of the molecule is CC(=O)Nc1cccc(N2CCN(CCC(=O)c3c[nH]nc3-c3ncccn3)CC2C)c1. The lowest BCUT2D eigenvalue weighted by molar-refractivity contribution is -0.114. The predicted molar refractivity (Wildman–Crippen MR) is 123 cm³/mol. The Kier molecular flexibility index (Phi) is 6.55. The number of hydrogen-bond donors (Lipinski definition) is 2. The number of nitrogens with one attached hydrogen (secondary N) is 2. The number of ketones is 1. The van der Waals surface area contributed by atoms with Crippen LogP contribution in [0.1, 0.15) is 30.6 Å². The highest BCUT2D eigenvalue weighted by atomic mass is 16.1. The molecule has 1 fully saturated rings. The van der Waals surface area contributed by atoms with Crippen LogP contribution < -0.4 is 10.2 Å². The summed E-state index contributed by atoms with van der Waals surface area (Å²) >= 11 is 0. The van der Waals surface area contributed by atoms with Gasteiger partial charge in [-0.3, -0.25) is 19.6 Å². The molecule has 1 unspecified atom stereocenters. The number of carbonyl (C=O) groups excluding carboxylic acids is 2. The van der Waals surface area contributed by atoms with Gasteiger partial charge in [-0.2, -0.15) is 5.10 Å². The molecule has 1 aliphatic heterocycles. The van der Waals surface area contributed by atoms with E-state index in [0.717, 1.165) is 31.0 Å². The van der Waals surface area contributed by atoms with Crippen LogP contribution in [0.2, 0.25) is 0 Å². The summed E-state index contributed by atoms with van der Waals surface area (Å²) in [6, 6.07) is 9.93. The molecule has 0 spiro atoms. The van der Waals surface area contributed by atoms with E-state index in [4.69, 9.17) is 0 Å². The van der Waals surface area contributed by atoms with Gasteiger partial charge in [-0.05, 0) is 31.2 Å². The number of amides is 1. The fraction of sp³-hybridized carbons (Fsp3) is 0.348. The first-order valence-electron chi connectivity index (χ1n) is 10.7. The van der Waals surface area contributed by atoms with E-state index in [1.165, 1.54) is 6.92 Å². The summed E-state index contributed by atoms with van der Waals surface area (Å²) in [5, 5.41) is 9.77. The zero-order valence-corrected chi connectivity index (χ0v) is 18.3. The average Bonchev–Trinajstić information content (AvgIpc) is 3.28. The van der Waals surface area contributed by atoms with Crippen molar-refractivity contribution in [3.8, 4) is 11.5 Å². The first-order chi connectivity index (χ1) is 15.5. The summed E-state index contributed by atoms with van der Waals surface area (Å²) < 4.78 is 0. The van der Waals surface area contributed by atoms with Gasteiger partial charge in [-0.1, -0.05) is 6.07 Å². The van der Waals surface area contributed by atoms with E-state index in [2.05, 4.69) is 48.3 Å². The van der Waals surface area contributed by atoms with Gasteiger partial charge in [0.05, 0.1) is 5.56 Å². The van der Waals surface area contributed by atoms with Gasteiger partial charge in [-0.25, -0.2) is 9.97 Å². The lowest BCUT2D eigenvalue weighted by atomic mass is 10.1. The van der Waals surface area contributed by atoms with Gasteiger partial charge in [0.15, 0.2) is 11.6 Å².